The van der Waals surface area contributed by atoms with Gasteiger partial charge in [-0.15, -0.1) is 0 Å². The molecule has 0 aromatic heterocycles. The number of carbonyl (C=O) groups excluding carboxylic acids is 1. The number of alkyl carbamates (subject to hydrolysis) is 1. The Kier molecular flexibility index (Phi) is 4.38. The van der Waals surface area contributed by atoms with Gasteiger partial charge in [-0.25, -0.2) is 4.79 Å². The van der Waals surface area contributed by atoms with Gasteiger partial charge in [0.1, 0.15) is 6.61 Å². The fraction of sp³-hybridized carbons (Fsp3) is 0.364. The van der Waals surface area contributed by atoms with Crippen LogP contribution in [0.1, 0.15) is 43.2 Å². The molecule has 2 aromatic carbocycles. The lowest BCUT2D eigenvalue weighted by atomic mass is 9.66. The van der Waals surface area contributed by atoms with Crippen LogP contribution < -0.4 is 5.32 Å². The maximum absolute atomic E-state index is 12.4. The zero-order valence-corrected chi connectivity index (χ0v) is 15.3. The van der Waals surface area contributed by atoms with Crippen LogP contribution in [-0.4, -0.2) is 29.3 Å². The number of carboxylic acids is 1. The summed E-state index contributed by atoms with van der Waals surface area (Å²) in [7, 11) is 0. The molecule has 27 heavy (non-hydrogen) atoms. The second kappa shape index (κ2) is 6.72. The minimum absolute atomic E-state index is 0.00242. The summed E-state index contributed by atoms with van der Waals surface area (Å²) in [6.45, 7) is 2.20. The number of aliphatic carboxylic acids is 1. The van der Waals surface area contributed by atoms with Gasteiger partial charge in [0.2, 0.25) is 0 Å². The number of amides is 1. The van der Waals surface area contributed by atoms with Gasteiger partial charge in [0.25, 0.3) is 0 Å². The number of nitrogens with one attached hydrogen (secondary N) is 1. The largest absolute Gasteiger partial charge is 0.481 e. The van der Waals surface area contributed by atoms with Crippen LogP contribution in [-0.2, 0) is 9.53 Å². The van der Waals surface area contributed by atoms with Crippen molar-refractivity contribution in [1.29, 1.82) is 0 Å². The highest BCUT2D eigenvalue weighted by Gasteiger charge is 2.47. The number of hydrogen-bond donors (Lipinski definition) is 2. The molecule has 0 saturated heterocycles. The first-order chi connectivity index (χ1) is 13.0. The van der Waals surface area contributed by atoms with Gasteiger partial charge in [-0.2, -0.15) is 0 Å². The Bertz CT molecular complexity index is 848. The van der Waals surface area contributed by atoms with Crippen molar-refractivity contribution in [1.82, 2.24) is 5.32 Å². The Morgan fingerprint density at radius 3 is 2.19 bits per heavy atom. The highest BCUT2D eigenvalue weighted by atomic mass is 16.5. The molecule has 0 radical (unpaired) electrons. The summed E-state index contributed by atoms with van der Waals surface area (Å²) in [5.74, 6) is -0.771. The molecular weight excluding hydrogens is 342 g/mol. The van der Waals surface area contributed by atoms with Gasteiger partial charge in [0.05, 0.1) is 12.0 Å². The number of carboxylic acid groups (broad SMARTS) is 1. The predicted molar refractivity (Wildman–Crippen MR) is 102 cm³/mol. The van der Waals surface area contributed by atoms with E-state index in [0.29, 0.717) is 6.42 Å². The first-order valence-corrected chi connectivity index (χ1v) is 9.35. The number of rotatable bonds is 5. The van der Waals surface area contributed by atoms with Crippen LogP contribution in [0, 0.1) is 5.92 Å². The Hall–Kier alpha value is -2.82. The van der Waals surface area contributed by atoms with Crippen molar-refractivity contribution in [3.8, 4) is 11.1 Å². The second-order valence-electron chi connectivity index (χ2n) is 7.62. The van der Waals surface area contributed by atoms with Gasteiger partial charge in [-0.1, -0.05) is 55.5 Å². The van der Waals surface area contributed by atoms with Crippen LogP contribution in [0.4, 0.5) is 4.79 Å². The number of carbonyl (C=O) groups is 2. The lowest BCUT2D eigenvalue weighted by molar-refractivity contribution is -0.140. The molecule has 1 saturated carbocycles. The summed E-state index contributed by atoms with van der Waals surface area (Å²) in [5, 5.41) is 12.0. The molecule has 0 aliphatic heterocycles. The second-order valence-corrected chi connectivity index (χ2v) is 7.62. The molecule has 1 amide bonds. The highest BCUT2D eigenvalue weighted by Crippen LogP contribution is 2.45. The van der Waals surface area contributed by atoms with Crippen LogP contribution >= 0.6 is 0 Å². The Morgan fingerprint density at radius 1 is 1.11 bits per heavy atom. The van der Waals surface area contributed by atoms with Gasteiger partial charge >= 0.3 is 12.1 Å². The van der Waals surface area contributed by atoms with E-state index in [1.54, 1.807) is 0 Å². The van der Waals surface area contributed by atoms with Crippen LogP contribution in [0.15, 0.2) is 48.5 Å². The summed E-state index contributed by atoms with van der Waals surface area (Å²) >= 11 is 0. The van der Waals surface area contributed by atoms with E-state index in [4.69, 9.17) is 4.74 Å². The molecule has 2 unspecified atom stereocenters. The fourth-order valence-electron chi connectivity index (χ4n) is 4.38. The Morgan fingerprint density at radius 2 is 1.70 bits per heavy atom. The molecule has 2 aromatic rings. The van der Waals surface area contributed by atoms with E-state index in [-0.39, 0.29) is 24.9 Å². The molecule has 0 spiro atoms. The van der Waals surface area contributed by atoms with E-state index >= 15 is 0 Å². The Balaban J connectivity index is 1.47. The molecule has 4 rings (SSSR count). The molecule has 0 bridgehead atoms. The third-order valence-corrected chi connectivity index (χ3v) is 6.13. The maximum atomic E-state index is 12.4. The van der Waals surface area contributed by atoms with Crippen molar-refractivity contribution < 1.29 is 19.4 Å². The number of fused-ring (bicyclic) bond motifs is 3. The minimum atomic E-state index is -0.902. The van der Waals surface area contributed by atoms with E-state index in [1.807, 2.05) is 31.2 Å². The molecule has 2 aliphatic rings. The summed E-state index contributed by atoms with van der Waals surface area (Å²) in [4.78, 5) is 23.6. The third kappa shape index (κ3) is 3.07. The minimum Gasteiger partial charge on any atom is -0.481 e. The van der Waals surface area contributed by atoms with E-state index in [0.717, 1.165) is 17.5 Å². The van der Waals surface area contributed by atoms with Crippen LogP contribution in [0.2, 0.25) is 0 Å². The number of ether oxygens (including phenoxy) is 1. The van der Waals surface area contributed by atoms with Gasteiger partial charge in [0, 0.05) is 5.92 Å². The van der Waals surface area contributed by atoms with Crippen LogP contribution in [0.5, 0.6) is 0 Å². The highest BCUT2D eigenvalue weighted by molar-refractivity contribution is 5.79. The van der Waals surface area contributed by atoms with Crippen molar-refractivity contribution in [3.05, 3.63) is 59.7 Å². The SMILES string of the molecule is CC1CCC1(CC(=O)O)NC(=O)OCC1c2ccccc2-c2ccccc21. The summed E-state index contributed by atoms with van der Waals surface area (Å²) < 4.78 is 5.56. The Labute approximate surface area is 158 Å². The number of benzene rings is 2. The molecule has 5 nitrogen and oxygen atoms in total. The van der Waals surface area contributed by atoms with Gasteiger partial charge in [-0.3, -0.25) is 4.79 Å². The monoisotopic (exact) mass is 365 g/mol. The maximum Gasteiger partial charge on any atom is 0.407 e. The zero-order chi connectivity index (χ0) is 19.0. The first-order valence-electron chi connectivity index (χ1n) is 9.35. The van der Waals surface area contributed by atoms with Crippen molar-refractivity contribution in [3.63, 3.8) is 0 Å². The van der Waals surface area contributed by atoms with E-state index in [1.165, 1.54) is 11.1 Å². The van der Waals surface area contributed by atoms with E-state index in [2.05, 4.69) is 29.6 Å². The molecule has 5 heteroatoms. The van der Waals surface area contributed by atoms with Crippen LogP contribution in [0.25, 0.3) is 11.1 Å². The van der Waals surface area contributed by atoms with Gasteiger partial charge < -0.3 is 15.2 Å². The standard InChI is InChI=1S/C22H23NO4/c1-14-10-11-22(14,12-20(24)25)23-21(26)27-13-19-17-8-4-2-6-15(17)16-7-3-5-9-18(16)19/h2-9,14,19H,10-13H2,1H3,(H,23,26)(H,24,25). The van der Waals surface area contributed by atoms with E-state index < -0.39 is 17.6 Å². The topological polar surface area (TPSA) is 75.6 Å². The average Bonchev–Trinajstić information content (AvgIpc) is 2.98. The predicted octanol–water partition coefficient (Wildman–Crippen LogP) is 4.17. The molecule has 1 fully saturated rings. The van der Waals surface area contributed by atoms with Gasteiger partial charge in [-0.05, 0) is 41.0 Å². The summed E-state index contributed by atoms with van der Waals surface area (Å²) in [6.07, 6.45) is 0.976. The summed E-state index contributed by atoms with van der Waals surface area (Å²) in [5.41, 5.74) is 3.98. The lowest BCUT2D eigenvalue weighted by Gasteiger charge is -2.47. The quantitative estimate of drug-likeness (QED) is 0.834. The van der Waals surface area contributed by atoms with Crippen molar-refractivity contribution in [2.75, 3.05) is 6.61 Å². The van der Waals surface area contributed by atoms with Crippen molar-refractivity contribution in [2.45, 2.75) is 37.6 Å². The zero-order valence-electron chi connectivity index (χ0n) is 15.3. The van der Waals surface area contributed by atoms with E-state index in [9.17, 15) is 14.7 Å². The third-order valence-electron chi connectivity index (χ3n) is 6.13. The molecular formula is C22H23NO4. The van der Waals surface area contributed by atoms with Crippen molar-refractivity contribution >= 4 is 12.1 Å². The molecule has 2 aliphatic carbocycles. The fourth-order valence-corrected chi connectivity index (χ4v) is 4.38. The van der Waals surface area contributed by atoms with Crippen LogP contribution in [0.3, 0.4) is 0 Å². The van der Waals surface area contributed by atoms with Crippen molar-refractivity contribution in [2.24, 2.45) is 5.92 Å². The number of hydrogen-bond acceptors (Lipinski definition) is 3. The average molecular weight is 365 g/mol. The molecule has 0 heterocycles. The molecule has 140 valence electrons. The van der Waals surface area contributed by atoms with Gasteiger partial charge in [0.15, 0.2) is 0 Å². The normalized spacial score (nSPS) is 23.1. The lowest BCUT2D eigenvalue weighted by Crippen LogP contribution is -2.60. The summed E-state index contributed by atoms with van der Waals surface area (Å²) in [6, 6.07) is 16.3. The smallest absolute Gasteiger partial charge is 0.407 e. The molecule has 2 atom stereocenters. The molecule has 2 N–H and O–H groups in total. The first kappa shape index (κ1) is 17.6.